The molecule has 0 heterocycles. The molecule has 2 saturated carbocycles. The second-order valence-corrected chi connectivity index (χ2v) is 7.85. The molecule has 0 spiro atoms. The Hall–Kier alpha value is -0.850. The predicted molar refractivity (Wildman–Crippen MR) is 75.5 cm³/mol. The van der Waals surface area contributed by atoms with Crippen molar-refractivity contribution in [2.45, 2.75) is 36.6 Å². The van der Waals surface area contributed by atoms with Crippen molar-refractivity contribution in [2.75, 3.05) is 12.3 Å². The van der Waals surface area contributed by atoms with Crippen LogP contribution in [0.2, 0.25) is 5.02 Å². The van der Waals surface area contributed by atoms with Crippen LogP contribution in [-0.2, 0) is 10.0 Å². The number of anilines is 1. The Kier molecular flexibility index (Phi) is 3.43. The van der Waals surface area contributed by atoms with Gasteiger partial charge in [0.1, 0.15) is 4.90 Å². The summed E-state index contributed by atoms with van der Waals surface area (Å²) in [6.45, 7) is 0.471. The molecule has 0 radical (unpaired) electrons. The lowest BCUT2D eigenvalue weighted by atomic mass is 10.3. The number of sulfonamides is 1. The van der Waals surface area contributed by atoms with Gasteiger partial charge >= 0.3 is 0 Å². The van der Waals surface area contributed by atoms with Crippen molar-refractivity contribution < 1.29 is 12.8 Å². The molecule has 2 fully saturated rings. The zero-order valence-electron chi connectivity index (χ0n) is 10.9. The molecule has 0 amide bonds. The monoisotopic (exact) mass is 318 g/mol. The van der Waals surface area contributed by atoms with Crippen molar-refractivity contribution >= 4 is 27.3 Å². The summed E-state index contributed by atoms with van der Waals surface area (Å²) >= 11 is 5.82. The van der Waals surface area contributed by atoms with Crippen molar-refractivity contribution in [3.05, 3.63) is 23.0 Å². The van der Waals surface area contributed by atoms with Gasteiger partial charge in [-0.25, -0.2) is 12.8 Å². The fraction of sp³-hybridized carbons (Fsp3) is 0.538. The Morgan fingerprint density at radius 3 is 2.50 bits per heavy atom. The first-order chi connectivity index (χ1) is 9.39. The average Bonchev–Trinajstić information content (AvgIpc) is 3.24. The molecular weight excluding hydrogens is 303 g/mol. The Labute approximate surface area is 122 Å². The summed E-state index contributed by atoms with van der Waals surface area (Å²) in [5.41, 5.74) is 5.24. The van der Waals surface area contributed by atoms with Gasteiger partial charge < -0.3 is 5.73 Å². The standard InChI is InChI=1S/C13H16ClFN2O2S/c14-9-5-11(16)13(15)12(6-9)20(18,19)17(10-3-4-10)7-8-1-2-8/h5-6,8,10H,1-4,7,16H2. The fourth-order valence-electron chi connectivity index (χ4n) is 2.26. The average molecular weight is 319 g/mol. The topological polar surface area (TPSA) is 63.4 Å². The predicted octanol–water partition coefficient (Wildman–Crippen LogP) is 2.62. The van der Waals surface area contributed by atoms with E-state index in [2.05, 4.69) is 0 Å². The van der Waals surface area contributed by atoms with Gasteiger partial charge in [0.05, 0.1) is 5.69 Å². The molecule has 0 saturated heterocycles. The summed E-state index contributed by atoms with van der Waals surface area (Å²) in [6, 6.07) is 2.36. The van der Waals surface area contributed by atoms with E-state index >= 15 is 0 Å². The fourth-order valence-corrected chi connectivity index (χ4v) is 4.43. The molecule has 20 heavy (non-hydrogen) atoms. The normalized spacial score (nSPS) is 19.6. The van der Waals surface area contributed by atoms with Gasteiger partial charge in [0.15, 0.2) is 5.82 Å². The van der Waals surface area contributed by atoms with Crippen LogP contribution in [-0.4, -0.2) is 25.3 Å². The molecule has 4 nitrogen and oxygen atoms in total. The van der Waals surface area contributed by atoms with E-state index in [9.17, 15) is 12.8 Å². The highest BCUT2D eigenvalue weighted by Crippen LogP contribution is 2.39. The van der Waals surface area contributed by atoms with E-state index < -0.39 is 20.7 Å². The lowest BCUT2D eigenvalue weighted by Gasteiger charge is -2.22. The summed E-state index contributed by atoms with van der Waals surface area (Å²) in [4.78, 5) is -0.407. The first-order valence-corrected chi connectivity index (χ1v) is 8.48. The summed E-state index contributed by atoms with van der Waals surface area (Å²) in [7, 11) is -3.87. The van der Waals surface area contributed by atoms with Gasteiger partial charge in [0.25, 0.3) is 0 Å². The van der Waals surface area contributed by atoms with Crippen molar-refractivity contribution in [1.82, 2.24) is 4.31 Å². The maximum absolute atomic E-state index is 14.1. The number of halogens is 2. The van der Waals surface area contributed by atoms with Gasteiger partial charge in [-0.3, -0.25) is 0 Å². The molecule has 0 unspecified atom stereocenters. The Balaban J connectivity index is 2.01. The third kappa shape index (κ3) is 2.64. The number of hydrogen-bond acceptors (Lipinski definition) is 3. The Morgan fingerprint density at radius 2 is 1.95 bits per heavy atom. The van der Waals surface area contributed by atoms with Crippen LogP contribution in [0.3, 0.4) is 0 Å². The third-order valence-corrected chi connectivity index (χ3v) is 5.84. The van der Waals surface area contributed by atoms with Crippen LogP contribution in [0.5, 0.6) is 0 Å². The smallest absolute Gasteiger partial charge is 0.246 e. The Bertz CT molecular complexity index is 642. The third-order valence-electron chi connectivity index (χ3n) is 3.71. The largest absolute Gasteiger partial charge is 0.396 e. The lowest BCUT2D eigenvalue weighted by molar-refractivity contribution is 0.386. The summed E-state index contributed by atoms with van der Waals surface area (Å²) < 4.78 is 40.9. The Morgan fingerprint density at radius 1 is 1.30 bits per heavy atom. The number of hydrogen-bond donors (Lipinski definition) is 1. The van der Waals surface area contributed by atoms with Crippen LogP contribution < -0.4 is 5.73 Å². The van der Waals surface area contributed by atoms with Gasteiger partial charge in [-0.05, 0) is 43.7 Å². The van der Waals surface area contributed by atoms with E-state index in [0.717, 1.165) is 31.7 Å². The molecule has 1 aromatic rings. The molecule has 110 valence electrons. The number of nitrogen functional groups attached to an aromatic ring is 1. The molecule has 2 N–H and O–H groups in total. The highest BCUT2D eigenvalue weighted by Gasteiger charge is 2.42. The van der Waals surface area contributed by atoms with E-state index in [1.54, 1.807) is 0 Å². The molecule has 3 rings (SSSR count). The molecule has 0 aliphatic heterocycles. The summed E-state index contributed by atoms with van der Waals surface area (Å²) in [5.74, 6) is -0.499. The molecule has 0 bridgehead atoms. The van der Waals surface area contributed by atoms with E-state index in [1.165, 1.54) is 10.4 Å². The minimum atomic E-state index is -3.87. The van der Waals surface area contributed by atoms with Crippen molar-refractivity contribution in [3.63, 3.8) is 0 Å². The van der Waals surface area contributed by atoms with Crippen LogP contribution in [0.15, 0.2) is 17.0 Å². The zero-order valence-corrected chi connectivity index (χ0v) is 12.4. The highest BCUT2D eigenvalue weighted by atomic mass is 35.5. The zero-order chi connectivity index (χ0) is 14.5. The molecule has 2 aliphatic carbocycles. The van der Waals surface area contributed by atoms with Gasteiger partial charge in [0.2, 0.25) is 10.0 Å². The molecular formula is C13H16ClFN2O2S. The van der Waals surface area contributed by atoms with Gasteiger partial charge in [-0.2, -0.15) is 4.31 Å². The van der Waals surface area contributed by atoms with E-state index in [-0.39, 0.29) is 16.8 Å². The quantitative estimate of drug-likeness (QED) is 0.849. The van der Waals surface area contributed by atoms with E-state index in [1.807, 2.05) is 0 Å². The number of benzene rings is 1. The van der Waals surface area contributed by atoms with Crippen LogP contribution in [0.25, 0.3) is 0 Å². The summed E-state index contributed by atoms with van der Waals surface area (Å²) in [6.07, 6.45) is 3.76. The van der Waals surface area contributed by atoms with Crippen LogP contribution in [0.1, 0.15) is 25.7 Å². The number of nitrogens with zero attached hydrogens (tertiary/aromatic N) is 1. The van der Waals surface area contributed by atoms with E-state index in [0.29, 0.717) is 12.5 Å². The van der Waals surface area contributed by atoms with Gasteiger partial charge in [0, 0.05) is 17.6 Å². The van der Waals surface area contributed by atoms with Gasteiger partial charge in [-0.15, -0.1) is 0 Å². The van der Waals surface area contributed by atoms with Crippen molar-refractivity contribution in [1.29, 1.82) is 0 Å². The van der Waals surface area contributed by atoms with Crippen LogP contribution in [0.4, 0.5) is 10.1 Å². The first kappa shape index (κ1) is 14.1. The highest BCUT2D eigenvalue weighted by molar-refractivity contribution is 7.89. The maximum atomic E-state index is 14.1. The lowest BCUT2D eigenvalue weighted by Crippen LogP contribution is -2.35. The second kappa shape index (κ2) is 4.86. The van der Waals surface area contributed by atoms with Crippen LogP contribution in [0, 0.1) is 11.7 Å². The molecule has 1 aromatic carbocycles. The van der Waals surface area contributed by atoms with Crippen molar-refractivity contribution in [3.8, 4) is 0 Å². The van der Waals surface area contributed by atoms with Crippen LogP contribution >= 0.6 is 11.6 Å². The summed E-state index contributed by atoms with van der Waals surface area (Å²) in [5, 5.41) is 0.129. The number of nitrogens with two attached hydrogens (primary N) is 1. The van der Waals surface area contributed by atoms with E-state index in [4.69, 9.17) is 17.3 Å². The molecule has 0 aromatic heterocycles. The van der Waals surface area contributed by atoms with Crippen molar-refractivity contribution in [2.24, 2.45) is 5.92 Å². The molecule has 7 heteroatoms. The minimum Gasteiger partial charge on any atom is -0.396 e. The SMILES string of the molecule is Nc1cc(Cl)cc(S(=O)(=O)N(CC2CC2)C2CC2)c1F. The first-order valence-electron chi connectivity index (χ1n) is 6.66. The van der Waals surface area contributed by atoms with Gasteiger partial charge in [-0.1, -0.05) is 11.6 Å². The minimum absolute atomic E-state index is 0.000191. The maximum Gasteiger partial charge on any atom is 0.246 e. The second-order valence-electron chi connectivity index (χ2n) is 5.56. The number of rotatable bonds is 5. The molecule has 0 atom stereocenters. The molecule has 2 aliphatic rings.